The molecule has 4 nitrogen and oxygen atoms in total. The van der Waals surface area contributed by atoms with Crippen molar-refractivity contribution in [3.8, 4) is 0 Å². The second-order valence-electron chi connectivity index (χ2n) is 10.2. The maximum atomic E-state index is 10.1. The highest BCUT2D eigenvalue weighted by atomic mass is 32.1. The number of piperidine rings is 1. The fourth-order valence-corrected chi connectivity index (χ4v) is 7.07. The highest BCUT2D eigenvalue weighted by molar-refractivity contribution is 7.18. The van der Waals surface area contributed by atoms with Gasteiger partial charge < -0.3 is 5.11 Å². The molecule has 3 fully saturated rings. The van der Waals surface area contributed by atoms with Gasteiger partial charge in [-0.15, -0.1) is 11.3 Å². The number of thiophene rings is 1. The Hall–Kier alpha value is -1.04. The molecule has 5 heteroatoms. The number of hydrogen-bond donors (Lipinski definition) is 1. The first-order valence-electron chi connectivity index (χ1n) is 11.1. The summed E-state index contributed by atoms with van der Waals surface area (Å²) >= 11 is 1.90. The van der Waals surface area contributed by atoms with Crippen molar-refractivity contribution in [3.63, 3.8) is 0 Å². The molecule has 3 atom stereocenters. The first kappa shape index (κ1) is 19.0. The number of aryl methyl sites for hydroxylation is 1. The van der Waals surface area contributed by atoms with Crippen LogP contribution in [0.25, 0.3) is 10.2 Å². The summed E-state index contributed by atoms with van der Waals surface area (Å²) in [7, 11) is 0. The van der Waals surface area contributed by atoms with Gasteiger partial charge in [0.25, 0.3) is 0 Å². The zero-order valence-electron chi connectivity index (χ0n) is 17.4. The third kappa shape index (κ3) is 3.50. The quantitative estimate of drug-likeness (QED) is 0.773. The molecule has 2 aromatic heterocycles. The fraction of sp³-hybridized carbons (Fsp3) is 0.739. The first-order chi connectivity index (χ1) is 13.4. The summed E-state index contributed by atoms with van der Waals surface area (Å²) in [6, 6.07) is 3.47. The summed E-state index contributed by atoms with van der Waals surface area (Å²) in [4.78, 5) is 15.0. The number of aliphatic hydroxyl groups excluding tert-OH is 1. The molecule has 2 aromatic rings. The van der Waals surface area contributed by atoms with Gasteiger partial charge in [-0.3, -0.25) is 4.90 Å². The van der Waals surface area contributed by atoms with E-state index in [2.05, 4.69) is 24.8 Å². The summed E-state index contributed by atoms with van der Waals surface area (Å²) in [6.45, 7) is 7.76. The fourth-order valence-electron chi connectivity index (χ4n) is 5.80. The summed E-state index contributed by atoms with van der Waals surface area (Å²) in [5, 5.41) is 11.4. The molecular formula is C23H33N3OS. The van der Waals surface area contributed by atoms with Crippen LogP contribution in [0.4, 0.5) is 0 Å². The van der Waals surface area contributed by atoms with E-state index in [1.165, 1.54) is 59.3 Å². The molecule has 0 aromatic carbocycles. The first-order valence-corrected chi connectivity index (χ1v) is 11.9. The minimum Gasteiger partial charge on any atom is -0.393 e. The van der Waals surface area contributed by atoms with Crippen LogP contribution in [0.3, 0.4) is 0 Å². The third-order valence-electron chi connectivity index (χ3n) is 7.54. The van der Waals surface area contributed by atoms with Crippen LogP contribution in [0, 0.1) is 12.3 Å². The average Bonchev–Trinajstić information content (AvgIpc) is 3.14. The van der Waals surface area contributed by atoms with E-state index in [1.54, 1.807) is 0 Å². The Morgan fingerprint density at radius 1 is 1.11 bits per heavy atom. The molecule has 1 N–H and O–H groups in total. The van der Waals surface area contributed by atoms with Crippen LogP contribution in [0.1, 0.15) is 87.5 Å². The van der Waals surface area contributed by atoms with Crippen molar-refractivity contribution in [3.05, 3.63) is 22.5 Å². The second kappa shape index (κ2) is 7.03. The molecule has 5 rings (SSSR count). The monoisotopic (exact) mass is 399 g/mol. The Morgan fingerprint density at radius 3 is 2.46 bits per heavy atom. The van der Waals surface area contributed by atoms with Crippen molar-refractivity contribution in [2.45, 2.75) is 103 Å². The summed E-state index contributed by atoms with van der Waals surface area (Å²) < 4.78 is 0. The van der Waals surface area contributed by atoms with Crippen molar-refractivity contribution < 1.29 is 5.11 Å². The van der Waals surface area contributed by atoms with Gasteiger partial charge in [-0.2, -0.15) is 0 Å². The standard InChI is InChI=1S/C23H33N3OS/c1-14-24-20(13-26-16-4-5-17(26)11-18(27)10-16)19-12-21(28-22(19)25-14)15-6-8-23(2,3)9-7-15/h12,15-18,27H,4-11,13H2,1-3H3/t16-,17+,18?. The molecule has 0 amide bonds. The lowest BCUT2D eigenvalue weighted by molar-refractivity contribution is 0.0306. The number of aliphatic hydroxyl groups is 1. The van der Waals surface area contributed by atoms with E-state index in [1.807, 2.05) is 18.3 Å². The lowest BCUT2D eigenvalue weighted by Gasteiger charge is -2.37. The van der Waals surface area contributed by atoms with Crippen LogP contribution < -0.4 is 0 Å². The van der Waals surface area contributed by atoms with Crippen molar-refractivity contribution in [2.24, 2.45) is 5.41 Å². The zero-order chi connectivity index (χ0) is 19.5. The number of hydrogen-bond acceptors (Lipinski definition) is 5. The number of rotatable bonds is 3. The highest BCUT2D eigenvalue weighted by Gasteiger charge is 2.40. The normalized spacial score (nSPS) is 30.9. The maximum absolute atomic E-state index is 10.1. The molecule has 0 spiro atoms. The van der Waals surface area contributed by atoms with E-state index in [0.29, 0.717) is 23.4 Å². The summed E-state index contributed by atoms with van der Waals surface area (Å²) in [5.74, 6) is 1.59. The van der Waals surface area contributed by atoms with Crippen molar-refractivity contribution >= 4 is 21.6 Å². The van der Waals surface area contributed by atoms with E-state index in [-0.39, 0.29) is 6.10 Å². The lowest BCUT2D eigenvalue weighted by Crippen LogP contribution is -2.44. The lowest BCUT2D eigenvalue weighted by atomic mass is 9.73. The Bertz CT molecular complexity index is 852. The van der Waals surface area contributed by atoms with Crippen LogP contribution >= 0.6 is 11.3 Å². The van der Waals surface area contributed by atoms with Crippen molar-refractivity contribution in [1.82, 2.24) is 14.9 Å². The Kier molecular flexibility index (Phi) is 4.76. The predicted molar refractivity (Wildman–Crippen MR) is 115 cm³/mol. The van der Waals surface area contributed by atoms with Gasteiger partial charge in [0.15, 0.2) is 0 Å². The molecule has 3 aliphatic rings. The van der Waals surface area contributed by atoms with Gasteiger partial charge >= 0.3 is 0 Å². The molecule has 2 aliphatic heterocycles. The minimum atomic E-state index is -0.107. The molecule has 1 aliphatic carbocycles. The van der Waals surface area contributed by atoms with Gasteiger partial charge in [-0.25, -0.2) is 9.97 Å². The van der Waals surface area contributed by atoms with Gasteiger partial charge in [-0.1, -0.05) is 13.8 Å². The highest BCUT2D eigenvalue weighted by Crippen LogP contribution is 2.45. The van der Waals surface area contributed by atoms with Gasteiger partial charge in [-0.05, 0) is 75.7 Å². The molecule has 4 heterocycles. The SMILES string of the molecule is Cc1nc(CN2[C@@H]3CC[C@H]2CC(O)C3)c2cc(C3CCC(C)(C)CC3)sc2n1. The predicted octanol–water partition coefficient (Wildman–Crippen LogP) is 5.17. The van der Waals surface area contributed by atoms with Gasteiger partial charge in [0.1, 0.15) is 10.7 Å². The van der Waals surface area contributed by atoms with E-state index in [9.17, 15) is 5.11 Å². The van der Waals surface area contributed by atoms with E-state index in [4.69, 9.17) is 9.97 Å². The molecule has 28 heavy (non-hydrogen) atoms. The van der Waals surface area contributed by atoms with Crippen LogP contribution in [-0.4, -0.2) is 38.2 Å². The van der Waals surface area contributed by atoms with Crippen LogP contribution in [-0.2, 0) is 6.54 Å². The van der Waals surface area contributed by atoms with E-state index < -0.39 is 0 Å². The molecule has 2 saturated heterocycles. The van der Waals surface area contributed by atoms with Crippen molar-refractivity contribution in [1.29, 1.82) is 0 Å². The number of nitrogens with zero attached hydrogens (tertiary/aromatic N) is 3. The van der Waals surface area contributed by atoms with E-state index in [0.717, 1.165) is 25.2 Å². The molecule has 0 radical (unpaired) electrons. The topological polar surface area (TPSA) is 49.2 Å². The van der Waals surface area contributed by atoms with Crippen molar-refractivity contribution in [2.75, 3.05) is 0 Å². The van der Waals surface area contributed by atoms with Gasteiger partial charge in [0.2, 0.25) is 0 Å². The zero-order valence-corrected chi connectivity index (χ0v) is 18.3. The molecule has 152 valence electrons. The molecule has 2 bridgehead atoms. The van der Waals surface area contributed by atoms with Crippen LogP contribution in [0.5, 0.6) is 0 Å². The smallest absolute Gasteiger partial charge is 0.127 e. The number of fused-ring (bicyclic) bond motifs is 3. The average molecular weight is 400 g/mol. The van der Waals surface area contributed by atoms with Crippen LogP contribution in [0.15, 0.2) is 6.07 Å². The van der Waals surface area contributed by atoms with E-state index >= 15 is 0 Å². The Labute approximate surface area is 172 Å². The molecule has 1 unspecified atom stereocenters. The Morgan fingerprint density at radius 2 is 1.79 bits per heavy atom. The van der Waals surface area contributed by atoms with Gasteiger partial charge in [0.05, 0.1) is 11.8 Å². The maximum Gasteiger partial charge on any atom is 0.127 e. The Balaban J connectivity index is 1.42. The molecular weight excluding hydrogens is 366 g/mol. The molecule has 1 saturated carbocycles. The minimum absolute atomic E-state index is 0.107. The summed E-state index contributed by atoms with van der Waals surface area (Å²) in [6.07, 6.45) is 9.44. The summed E-state index contributed by atoms with van der Waals surface area (Å²) in [5.41, 5.74) is 1.71. The number of aromatic nitrogens is 2. The largest absolute Gasteiger partial charge is 0.393 e. The van der Waals surface area contributed by atoms with Crippen LogP contribution in [0.2, 0.25) is 0 Å². The van der Waals surface area contributed by atoms with Gasteiger partial charge in [0, 0.05) is 28.9 Å². The third-order valence-corrected chi connectivity index (χ3v) is 8.73. The second-order valence-corrected chi connectivity index (χ2v) is 11.3.